The summed E-state index contributed by atoms with van der Waals surface area (Å²) in [6, 6.07) is 30.7. The normalized spacial score (nSPS) is 13.3. The van der Waals surface area contributed by atoms with Crippen molar-refractivity contribution in [3.8, 4) is 0 Å². The summed E-state index contributed by atoms with van der Waals surface area (Å²) < 4.78 is 12.1. The molecule has 0 bridgehead atoms. The first-order valence-corrected chi connectivity index (χ1v) is 19.9. The van der Waals surface area contributed by atoms with E-state index in [1.165, 1.54) is 116 Å². The average molecular weight is 845 g/mol. The number of benzene rings is 5. The third-order valence-corrected chi connectivity index (χ3v) is 10.1. The summed E-state index contributed by atoms with van der Waals surface area (Å²) in [5, 5.41) is 51.7. The fourth-order valence-corrected chi connectivity index (χ4v) is 6.50. The summed E-state index contributed by atoms with van der Waals surface area (Å²) in [5.41, 5.74) is -3.01. The van der Waals surface area contributed by atoms with Crippen LogP contribution < -0.4 is 0 Å². The van der Waals surface area contributed by atoms with Crippen LogP contribution in [0.25, 0.3) is 0 Å². The molecule has 0 fully saturated rings. The Hall–Kier alpha value is -6.15. The zero-order chi connectivity index (χ0) is 45.9. The second kappa shape index (κ2) is 18.1. The molecule has 0 amide bonds. The number of aliphatic hydroxyl groups excluding tert-OH is 1. The third-order valence-electron chi connectivity index (χ3n) is 10.1. The zero-order valence-corrected chi connectivity index (χ0v) is 35.9. The van der Waals surface area contributed by atoms with Gasteiger partial charge >= 0.3 is 11.9 Å². The number of Topliss-reactive ketones (excluding diaryl/α,β-unsaturated/α-hetero) is 3. The zero-order valence-electron chi connectivity index (χ0n) is 35.9. The highest BCUT2D eigenvalue weighted by atomic mass is 16.5. The molecular weight excluding hydrogens is 793 g/mol. The highest BCUT2D eigenvalue weighted by Gasteiger charge is 2.31. The van der Waals surface area contributed by atoms with Crippen molar-refractivity contribution in [2.24, 2.45) is 0 Å². The van der Waals surface area contributed by atoms with Crippen molar-refractivity contribution in [2.75, 3.05) is 0 Å². The molecule has 0 aromatic heterocycles. The van der Waals surface area contributed by atoms with Crippen LogP contribution in [0.2, 0.25) is 0 Å². The van der Waals surface area contributed by atoms with Gasteiger partial charge in [0, 0.05) is 16.7 Å². The standard InChI is InChI=1S/C50H52O12/c1-47(2,57)41(51)33-17-9-29(10-18-33)39(30-11-19-34(20-12-30)42(52)48(3,4)58)61-45(55)37-25-27-38(28-26-37)46(56)62-40(31-13-21-35(22-14-31)43(53)49(5,6)59)32-15-23-36(24-16-32)44(54)50(7,8)60/h9-28,39-41,51,57-60H,1-8H3. The molecule has 5 aromatic carbocycles. The third kappa shape index (κ3) is 11.2. The van der Waals surface area contributed by atoms with Gasteiger partial charge in [-0.25, -0.2) is 9.59 Å². The van der Waals surface area contributed by atoms with Crippen LogP contribution in [0.5, 0.6) is 0 Å². The van der Waals surface area contributed by atoms with Gasteiger partial charge in [-0.3, -0.25) is 14.4 Å². The van der Waals surface area contributed by atoms with Crippen molar-refractivity contribution in [3.05, 3.63) is 177 Å². The largest absolute Gasteiger partial charge is 0.449 e. The van der Waals surface area contributed by atoms with E-state index in [9.17, 15) is 49.5 Å². The van der Waals surface area contributed by atoms with E-state index in [0.29, 0.717) is 27.8 Å². The van der Waals surface area contributed by atoms with E-state index >= 15 is 0 Å². The predicted octanol–water partition coefficient (Wildman–Crippen LogP) is 7.24. The molecule has 0 saturated heterocycles. The first kappa shape index (κ1) is 46.9. The van der Waals surface area contributed by atoms with Gasteiger partial charge in [0.15, 0.2) is 29.6 Å². The number of hydrogen-bond acceptors (Lipinski definition) is 12. The van der Waals surface area contributed by atoms with E-state index in [1.54, 1.807) is 60.7 Å². The summed E-state index contributed by atoms with van der Waals surface area (Å²) in [7, 11) is 0. The van der Waals surface area contributed by atoms with E-state index in [1.807, 2.05) is 0 Å². The number of ether oxygens (including phenoxy) is 2. The van der Waals surface area contributed by atoms with Crippen molar-refractivity contribution in [3.63, 3.8) is 0 Å². The lowest BCUT2D eigenvalue weighted by Gasteiger charge is -2.25. The molecule has 2 unspecified atom stereocenters. The molecule has 324 valence electrons. The van der Waals surface area contributed by atoms with Crippen LogP contribution in [0.15, 0.2) is 121 Å². The van der Waals surface area contributed by atoms with E-state index in [2.05, 4.69) is 0 Å². The molecule has 0 saturated carbocycles. The Morgan fingerprint density at radius 2 is 0.581 bits per heavy atom. The molecule has 0 aliphatic rings. The van der Waals surface area contributed by atoms with Gasteiger partial charge < -0.3 is 35.0 Å². The Balaban J connectivity index is 1.42. The number of esters is 2. The second-order valence-corrected chi connectivity index (χ2v) is 17.4. The summed E-state index contributed by atoms with van der Waals surface area (Å²) in [6.07, 6.45) is -3.24. The summed E-state index contributed by atoms with van der Waals surface area (Å²) in [4.78, 5) is 65.6. The lowest BCUT2D eigenvalue weighted by Crippen LogP contribution is -2.31. The first-order valence-electron chi connectivity index (χ1n) is 19.9. The van der Waals surface area contributed by atoms with Crippen LogP contribution in [0.4, 0.5) is 0 Å². The number of ketones is 3. The highest BCUT2D eigenvalue weighted by molar-refractivity contribution is 6.03. The molecule has 5 aromatic rings. The van der Waals surface area contributed by atoms with Crippen LogP contribution in [0.3, 0.4) is 0 Å². The minimum Gasteiger partial charge on any atom is -0.449 e. The van der Waals surface area contributed by atoms with Crippen LogP contribution in [0.1, 0.15) is 153 Å². The molecule has 62 heavy (non-hydrogen) atoms. The van der Waals surface area contributed by atoms with Gasteiger partial charge in [-0.05, 0) is 107 Å². The van der Waals surface area contributed by atoms with Gasteiger partial charge in [0.2, 0.25) is 0 Å². The van der Waals surface area contributed by atoms with Crippen molar-refractivity contribution < 1.29 is 59.0 Å². The fraction of sp³-hybridized carbons (Fsp3) is 0.300. The first-order chi connectivity index (χ1) is 28.8. The monoisotopic (exact) mass is 844 g/mol. The Morgan fingerprint density at radius 1 is 0.371 bits per heavy atom. The fourth-order valence-electron chi connectivity index (χ4n) is 6.50. The van der Waals surface area contributed by atoms with Crippen LogP contribution >= 0.6 is 0 Å². The van der Waals surface area contributed by atoms with Crippen molar-refractivity contribution in [2.45, 2.75) is 96.1 Å². The Kier molecular flexibility index (Phi) is 13.7. The second-order valence-electron chi connectivity index (χ2n) is 17.4. The van der Waals surface area contributed by atoms with Crippen molar-refractivity contribution in [1.29, 1.82) is 0 Å². The molecule has 0 heterocycles. The van der Waals surface area contributed by atoms with E-state index in [4.69, 9.17) is 9.47 Å². The number of carbonyl (C=O) groups excluding carboxylic acids is 5. The van der Waals surface area contributed by atoms with Gasteiger partial charge in [0.1, 0.15) is 22.9 Å². The maximum atomic E-state index is 13.7. The smallest absolute Gasteiger partial charge is 0.339 e. The number of rotatable bonds is 16. The quantitative estimate of drug-likeness (QED) is 0.0493. The van der Waals surface area contributed by atoms with Crippen LogP contribution in [-0.2, 0) is 9.47 Å². The van der Waals surface area contributed by atoms with Gasteiger partial charge in [0.05, 0.1) is 16.7 Å². The maximum Gasteiger partial charge on any atom is 0.339 e. The molecule has 5 rings (SSSR count). The molecule has 0 aliphatic carbocycles. The van der Waals surface area contributed by atoms with Crippen molar-refractivity contribution >= 4 is 29.3 Å². The van der Waals surface area contributed by atoms with Crippen LogP contribution in [-0.4, -0.2) is 77.2 Å². The topological polar surface area (TPSA) is 205 Å². The number of carbonyl (C=O) groups is 5. The lowest BCUT2D eigenvalue weighted by molar-refractivity contribution is -0.0497. The molecule has 2 atom stereocenters. The summed E-state index contributed by atoms with van der Waals surface area (Å²) >= 11 is 0. The molecule has 12 heteroatoms. The van der Waals surface area contributed by atoms with E-state index in [0.717, 1.165) is 0 Å². The number of hydrogen-bond donors (Lipinski definition) is 5. The summed E-state index contributed by atoms with van der Waals surface area (Å²) in [5.74, 6) is -3.04. The molecule has 0 radical (unpaired) electrons. The summed E-state index contributed by atoms with van der Waals surface area (Å²) in [6.45, 7) is 11.2. The van der Waals surface area contributed by atoms with E-state index in [-0.39, 0.29) is 27.8 Å². The molecule has 5 N–H and O–H groups in total. The number of aliphatic hydroxyl groups is 5. The van der Waals surface area contributed by atoms with Crippen LogP contribution in [0, 0.1) is 0 Å². The minimum absolute atomic E-state index is 0.0822. The molecule has 0 spiro atoms. The Bertz CT molecular complexity index is 2340. The predicted molar refractivity (Wildman–Crippen MR) is 230 cm³/mol. The lowest BCUT2D eigenvalue weighted by atomic mass is 9.92. The molecule has 0 aliphatic heterocycles. The Morgan fingerprint density at radius 3 is 0.806 bits per heavy atom. The van der Waals surface area contributed by atoms with Gasteiger partial charge in [-0.2, -0.15) is 0 Å². The average Bonchev–Trinajstić information content (AvgIpc) is 3.22. The highest BCUT2D eigenvalue weighted by Crippen LogP contribution is 2.33. The van der Waals surface area contributed by atoms with Gasteiger partial charge in [-0.1, -0.05) is 97.1 Å². The van der Waals surface area contributed by atoms with Gasteiger partial charge in [-0.15, -0.1) is 0 Å². The molecule has 12 nitrogen and oxygen atoms in total. The molecular formula is C50H52O12. The maximum absolute atomic E-state index is 13.7. The minimum atomic E-state index is -1.62. The Labute approximate surface area is 360 Å². The van der Waals surface area contributed by atoms with Gasteiger partial charge in [0.25, 0.3) is 0 Å². The van der Waals surface area contributed by atoms with E-state index < -0.39 is 70.0 Å². The SMILES string of the molecule is CC(C)(O)C(=O)c1ccc(C(OC(=O)c2ccc(C(=O)OC(c3ccc(C(=O)C(C)(C)O)cc3)c3ccc(C(O)C(C)(C)O)cc3)cc2)c2ccc(C(=O)C(C)(C)O)cc2)cc1. The van der Waals surface area contributed by atoms with Crippen molar-refractivity contribution in [1.82, 2.24) is 0 Å².